The van der Waals surface area contributed by atoms with Crippen LogP contribution >= 0.6 is 34.8 Å². The van der Waals surface area contributed by atoms with Gasteiger partial charge in [-0.2, -0.15) is 13.2 Å². The Morgan fingerprint density at radius 2 is 2.00 bits per heavy atom. The molecule has 1 saturated carbocycles. The van der Waals surface area contributed by atoms with E-state index in [9.17, 15) is 22.8 Å². The summed E-state index contributed by atoms with van der Waals surface area (Å²) in [7, 11) is 1.39. The van der Waals surface area contributed by atoms with E-state index in [1.807, 2.05) is 0 Å². The van der Waals surface area contributed by atoms with E-state index in [4.69, 9.17) is 34.8 Å². The lowest BCUT2D eigenvalue weighted by Crippen LogP contribution is -2.47. The molecule has 1 aliphatic heterocycles. The first-order valence-electron chi connectivity index (χ1n) is 7.57. The van der Waals surface area contributed by atoms with Crippen molar-refractivity contribution in [1.82, 2.24) is 9.88 Å². The number of amides is 2. The maximum Gasteiger partial charge on any atom is 0.416 e. The fraction of sp³-hybridized carbons (Fsp3) is 0.533. The smallest absolute Gasteiger partial charge is 0.332 e. The van der Waals surface area contributed by atoms with Crippen molar-refractivity contribution in [1.29, 1.82) is 0 Å². The summed E-state index contributed by atoms with van der Waals surface area (Å²) in [5, 5.41) is 0. The van der Waals surface area contributed by atoms with Crippen molar-refractivity contribution in [3.63, 3.8) is 0 Å². The van der Waals surface area contributed by atoms with Crippen molar-refractivity contribution in [2.24, 2.45) is 0 Å². The van der Waals surface area contributed by atoms with E-state index in [0.29, 0.717) is 0 Å². The Labute approximate surface area is 162 Å². The second-order valence-electron chi connectivity index (χ2n) is 6.29. The first-order chi connectivity index (χ1) is 11.9. The number of likely N-dealkylation sites (N-methyl/N-ethyl adjacent to an activating group) is 1. The molecule has 1 aliphatic carbocycles. The molecule has 2 aliphatic rings. The highest BCUT2D eigenvalue weighted by Gasteiger charge is 2.72. The van der Waals surface area contributed by atoms with Crippen LogP contribution in [0.1, 0.15) is 18.4 Å². The van der Waals surface area contributed by atoms with Gasteiger partial charge in [0.1, 0.15) is 16.2 Å². The third-order valence-electron chi connectivity index (χ3n) is 4.57. The van der Waals surface area contributed by atoms with Crippen molar-refractivity contribution < 1.29 is 22.8 Å². The number of carbonyl (C=O) groups is 2. The topological polar surface area (TPSA) is 53.5 Å². The largest absolute Gasteiger partial charge is 0.416 e. The Hall–Kier alpha value is -1.25. The zero-order chi connectivity index (χ0) is 19.5. The van der Waals surface area contributed by atoms with Crippen molar-refractivity contribution >= 4 is 52.4 Å². The molecule has 0 spiro atoms. The Morgan fingerprint density at radius 1 is 1.38 bits per heavy atom. The average Bonchev–Trinajstić information content (AvgIpc) is 2.88. The monoisotopic (exact) mass is 429 g/mol. The van der Waals surface area contributed by atoms with Crippen molar-refractivity contribution in [2.75, 3.05) is 18.5 Å². The van der Waals surface area contributed by atoms with Gasteiger partial charge in [0.2, 0.25) is 5.91 Å². The molecule has 26 heavy (non-hydrogen) atoms. The molecule has 2 fully saturated rings. The molecular formula is C15H13Cl3F3N3O2. The van der Waals surface area contributed by atoms with Crippen LogP contribution in [0.3, 0.4) is 0 Å². The van der Waals surface area contributed by atoms with Gasteiger partial charge in [0.05, 0.1) is 5.56 Å². The van der Waals surface area contributed by atoms with E-state index in [2.05, 4.69) is 4.98 Å². The number of hydrogen-bond acceptors (Lipinski definition) is 3. The van der Waals surface area contributed by atoms with Crippen LogP contribution < -0.4 is 4.90 Å². The van der Waals surface area contributed by atoms with Gasteiger partial charge in [-0.15, -0.1) is 11.6 Å². The van der Waals surface area contributed by atoms with Crippen LogP contribution in [-0.2, 0) is 15.8 Å². The quantitative estimate of drug-likeness (QED) is 0.692. The lowest BCUT2D eigenvalue weighted by Gasteiger charge is -2.26. The van der Waals surface area contributed by atoms with Crippen LogP contribution in [0.25, 0.3) is 0 Å². The van der Waals surface area contributed by atoms with Gasteiger partial charge in [-0.3, -0.25) is 14.5 Å². The van der Waals surface area contributed by atoms with Crippen LogP contribution in [0.15, 0.2) is 18.3 Å². The van der Waals surface area contributed by atoms with Crippen LogP contribution in [0.2, 0.25) is 0 Å². The molecule has 2 unspecified atom stereocenters. The summed E-state index contributed by atoms with van der Waals surface area (Å²) in [4.78, 5) is 29.7. The molecule has 1 saturated heterocycles. The zero-order valence-corrected chi connectivity index (χ0v) is 15.6. The molecule has 0 radical (unpaired) electrons. The maximum atomic E-state index is 12.8. The second kappa shape index (κ2) is 6.14. The van der Waals surface area contributed by atoms with E-state index in [1.165, 1.54) is 7.05 Å². The lowest BCUT2D eigenvalue weighted by atomic mass is 10.2. The van der Waals surface area contributed by atoms with Crippen molar-refractivity contribution in [2.45, 2.75) is 34.3 Å². The normalized spacial score (nSPS) is 27.6. The van der Waals surface area contributed by atoms with E-state index in [-0.39, 0.29) is 25.2 Å². The molecule has 0 bridgehead atoms. The Morgan fingerprint density at radius 3 is 2.54 bits per heavy atom. The van der Waals surface area contributed by atoms with E-state index in [0.717, 1.165) is 28.1 Å². The van der Waals surface area contributed by atoms with E-state index < -0.39 is 38.8 Å². The minimum Gasteiger partial charge on any atom is -0.332 e. The Bertz CT molecular complexity index is 774. The van der Waals surface area contributed by atoms with Gasteiger partial charge in [-0.05, 0) is 18.6 Å². The molecule has 2 heterocycles. The van der Waals surface area contributed by atoms with Gasteiger partial charge in [0, 0.05) is 26.2 Å². The number of hydrogen-bond donors (Lipinski definition) is 0. The maximum absolute atomic E-state index is 12.8. The number of halogens is 6. The number of alkyl halides is 6. The van der Waals surface area contributed by atoms with Gasteiger partial charge >= 0.3 is 6.18 Å². The predicted molar refractivity (Wildman–Crippen MR) is 90.4 cm³/mol. The average molecular weight is 431 g/mol. The highest BCUT2D eigenvalue weighted by molar-refractivity contribution is 6.62. The molecule has 11 heteroatoms. The minimum atomic E-state index is -4.55. The van der Waals surface area contributed by atoms with Crippen molar-refractivity contribution in [3.05, 3.63) is 23.9 Å². The number of aromatic nitrogens is 1. The van der Waals surface area contributed by atoms with Gasteiger partial charge in [-0.25, -0.2) is 4.98 Å². The fourth-order valence-corrected chi connectivity index (χ4v) is 3.94. The van der Waals surface area contributed by atoms with Crippen molar-refractivity contribution in [3.8, 4) is 0 Å². The molecule has 142 valence electrons. The van der Waals surface area contributed by atoms with Gasteiger partial charge in [0.15, 0.2) is 4.87 Å². The van der Waals surface area contributed by atoms with Crippen LogP contribution in [-0.4, -0.2) is 50.5 Å². The second-order valence-corrected chi connectivity index (χ2v) is 8.42. The molecule has 0 N–H and O–H groups in total. The minimum absolute atomic E-state index is 0.0493. The van der Waals surface area contributed by atoms with Gasteiger partial charge in [-0.1, -0.05) is 23.2 Å². The predicted octanol–water partition coefficient (Wildman–Crippen LogP) is 3.22. The summed E-state index contributed by atoms with van der Waals surface area (Å²) in [6, 6.07) is 0.746. The number of pyridine rings is 1. The highest BCUT2D eigenvalue weighted by Crippen LogP contribution is 2.62. The van der Waals surface area contributed by atoms with Crippen LogP contribution in [0, 0.1) is 0 Å². The van der Waals surface area contributed by atoms with E-state index in [1.54, 1.807) is 0 Å². The first kappa shape index (κ1) is 19.5. The summed E-state index contributed by atoms with van der Waals surface area (Å²) < 4.78 is 37.2. The molecule has 1 aromatic heterocycles. The summed E-state index contributed by atoms with van der Waals surface area (Å²) >= 11 is 17.9. The highest BCUT2D eigenvalue weighted by atomic mass is 35.5. The molecule has 5 nitrogen and oxygen atoms in total. The van der Waals surface area contributed by atoms with Crippen LogP contribution in [0.5, 0.6) is 0 Å². The fourth-order valence-electron chi connectivity index (χ4n) is 2.91. The number of carbonyl (C=O) groups excluding carboxylic acids is 2. The lowest BCUT2D eigenvalue weighted by molar-refractivity contribution is -0.137. The molecule has 3 rings (SSSR count). The molecule has 0 aromatic carbocycles. The first-order valence-corrected chi connectivity index (χ1v) is 8.70. The van der Waals surface area contributed by atoms with Gasteiger partial charge < -0.3 is 4.90 Å². The molecule has 1 aromatic rings. The van der Waals surface area contributed by atoms with E-state index >= 15 is 0 Å². The molecule has 2 atom stereocenters. The number of rotatable bonds is 3. The Balaban J connectivity index is 1.78. The third kappa shape index (κ3) is 3.12. The summed E-state index contributed by atoms with van der Waals surface area (Å²) in [6.07, 6.45) is -3.29. The van der Waals surface area contributed by atoms with Gasteiger partial charge in [0.25, 0.3) is 5.91 Å². The SMILES string of the molecule is CN(C(=O)C1(Cl)CC1(Cl)Cl)C1CCN(c2cc(C(F)(F)F)ccn2)C1=O. The standard InChI is InChI=1S/C15H13Cl3F3N3O2/c1-23(12(26)13(16)7-14(13,17)18)9-3-5-24(11(9)25)10-6-8(2-4-22-10)15(19,20)21/h2,4,6,9H,3,5,7H2,1H3. The molecule has 2 amide bonds. The summed E-state index contributed by atoms with van der Waals surface area (Å²) in [5.74, 6) is -1.26. The summed E-state index contributed by atoms with van der Waals surface area (Å²) in [6.45, 7) is 0.123. The number of nitrogens with zero attached hydrogens (tertiary/aromatic N) is 3. The zero-order valence-electron chi connectivity index (χ0n) is 13.4. The molecular weight excluding hydrogens is 418 g/mol. The third-order valence-corrected chi connectivity index (χ3v) is 6.30. The summed E-state index contributed by atoms with van der Waals surface area (Å²) in [5.41, 5.74) is -0.907. The van der Waals surface area contributed by atoms with Crippen LogP contribution in [0.4, 0.5) is 19.0 Å². The number of anilines is 1. The Kier molecular flexibility index (Phi) is 4.61.